The molecule has 33 heavy (non-hydrogen) atoms. The van der Waals surface area contributed by atoms with Crippen LogP contribution in [0.5, 0.6) is 0 Å². The van der Waals surface area contributed by atoms with E-state index in [0.717, 1.165) is 75.6 Å². The van der Waals surface area contributed by atoms with Crippen LogP contribution >= 0.6 is 24.0 Å². The Bertz CT molecular complexity index is 881. The SMILES string of the molecule is CCNC(=NCCCCc1ccc([N+](=O)[O-])cc1)NC1CCN(c2ccc(C)cn2)CC1.I. The predicted molar refractivity (Wildman–Crippen MR) is 145 cm³/mol. The highest BCUT2D eigenvalue weighted by Gasteiger charge is 2.20. The molecule has 1 saturated heterocycles. The Balaban J connectivity index is 0.00000385. The minimum absolute atomic E-state index is 0. The third-order valence-corrected chi connectivity index (χ3v) is 5.69. The number of guanidine groups is 1. The van der Waals surface area contributed by atoms with Crippen LogP contribution in [0.1, 0.15) is 43.7 Å². The largest absolute Gasteiger partial charge is 0.357 e. The zero-order valence-corrected chi connectivity index (χ0v) is 21.8. The summed E-state index contributed by atoms with van der Waals surface area (Å²) in [7, 11) is 0. The van der Waals surface area contributed by atoms with Gasteiger partial charge in [0.25, 0.3) is 5.69 Å². The van der Waals surface area contributed by atoms with E-state index in [1.807, 2.05) is 18.3 Å². The van der Waals surface area contributed by atoms with Crippen LogP contribution in [0, 0.1) is 17.0 Å². The summed E-state index contributed by atoms with van der Waals surface area (Å²) in [5.41, 5.74) is 2.45. The van der Waals surface area contributed by atoms with Gasteiger partial charge in [-0.25, -0.2) is 4.98 Å². The number of non-ortho nitro benzene ring substituents is 1. The predicted octanol–water partition coefficient (Wildman–Crippen LogP) is 4.46. The minimum atomic E-state index is -0.364. The van der Waals surface area contributed by atoms with Crippen molar-refractivity contribution in [3.05, 3.63) is 63.8 Å². The van der Waals surface area contributed by atoms with Crippen LogP contribution in [0.3, 0.4) is 0 Å². The molecule has 3 rings (SSSR count). The number of hydrogen-bond acceptors (Lipinski definition) is 5. The highest BCUT2D eigenvalue weighted by Crippen LogP contribution is 2.18. The fraction of sp³-hybridized carbons (Fsp3) is 0.500. The van der Waals surface area contributed by atoms with Gasteiger partial charge in [0.2, 0.25) is 0 Å². The van der Waals surface area contributed by atoms with E-state index < -0.39 is 0 Å². The molecular formula is C24H35IN6O2. The number of nitro benzene ring substituents is 1. The summed E-state index contributed by atoms with van der Waals surface area (Å²) in [6.07, 6.45) is 6.92. The van der Waals surface area contributed by atoms with Crippen LogP contribution in [0.2, 0.25) is 0 Å². The number of aromatic nitrogens is 1. The Morgan fingerprint density at radius 3 is 2.52 bits per heavy atom. The average Bonchev–Trinajstić information content (AvgIpc) is 2.80. The van der Waals surface area contributed by atoms with Crippen LogP contribution < -0.4 is 15.5 Å². The number of unbranched alkanes of at least 4 members (excludes halogenated alkanes) is 1. The highest BCUT2D eigenvalue weighted by molar-refractivity contribution is 14.0. The van der Waals surface area contributed by atoms with Crippen LogP contribution in [0.25, 0.3) is 0 Å². The molecule has 0 atom stereocenters. The maximum Gasteiger partial charge on any atom is 0.269 e. The molecule has 9 heteroatoms. The standard InChI is InChI=1S/C24H34N6O2.HI/c1-3-25-24(26-15-5-4-6-20-8-10-22(11-9-20)30(31)32)28-21-13-16-29(17-14-21)23-12-7-19(2)18-27-23;/h7-12,18,21H,3-6,13-17H2,1-2H3,(H2,25,26,28);1H. The lowest BCUT2D eigenvalue weighted by atomic mass is 10.1. The van der Waals surface area contributed by atoms with Crippen molar-refractivity contribution in [2.75, 3.05) is 31.1 Å². The Morgan fingerprint density at radius 1 is 1.18 bits per heavy atom. The fourth-order valence-electron chi connectivity index (χ4n) is 3.83. The molecule has 0 amide bonds. The van der Waals surface area contributed by atoms with Gasteiger partial charge in [0.15, 0.2) is 5.96 Å². The molecule has 0 aliphatic carbocycles. The monoisotopic (exact) mass is 566 g/mol. The van der Waals surface area contributed by atoms with Crippen molar-refractivity contribution in [1.29, 1.82) is 0 Å². The van der Waals surface area contributed by atoms with Gasteiger partial charge in [-0.05, 0) is 63.1 Å². The highest BCUT2D eigenvalue weighted by atomic mass is 127. The summed E-state index contributed by atoms with van der Waals surface area (Å²) in [4.78, 5) is 22.0. The third kappa shape index (κ3) is 8.79. The Kier molecular flexibility index (Phi) is 11.4. The molecule has 0 bridgehead atoms. The van der Waals surface area contributed by atoms with Gasteiger partial charge < -0.3 is 15.5 Å². The van der Waals surface area contributed by atoms with E-state index in [9.17, 15) is 10.1 Å². The average molecular weight is 566 g/mol. The van der Waals surface area contributed by atoms with Gasteiger partial charge >= 0.3 is 0 Å². The third-order valence-electron chi connectivity index (χ3n) is 5.69. The summed E-state index contributed by atoms with van der Waals surface area (Å²) < 4.78 is 0. The van der Waals surface area contributed by atoms with E-state index in [2.05, 4.69) is 46.5 Å². The second kappa shape index (κ2) is 14.0. The van der Waals surface area contributed by atoms with Gasteiger partial charge in [0.1, 0.15) is 5.82 Å². The van der Waals surface area contributed by atoms with Crippen molar-refractivity contribution in [3.63, 3.8) is 0 Å². The smallest absolute Gasteiger partial charge is 0.269 e. The molecule has 2 heterocycles. The van der Waals surface area contributed by atoms with E-state index in [1.165, 1.54) is 5.56 Å². The number of benzene rings is 1. The van der Waals surface area contributed by atoms with Gasteiger partial charge in [-0.15, -0.1) is 24.0 Å². The Hall–Kier alpha value is -2.43. The van der Waals surface area contributed by atoms with E-state index in [1.54, 1.807) is 12.1 Å². The molecule has 180 valence electrons. The molecule has 0 saturated carbocycles. The maximum atomic E-state index is 10.7. The number of nitrogens with one attached hydrogen (secondary N) is 2. The van der Waals surface area contributed by atoms with Crippen LogP contribution in [0.4, 0.5) is 11.5 Å². The quantitative estimate of drug-likeness (QED) is 0.116. The van der Waals surface area contributed by atoms with Gasteiger partial charge in [0.05, 0.1) is 4.92 Å². The van der Waals surface area contributed by atoms with Crippen molar-refractivity contribution >= 4 is 41.4 Å². The number of rotatable bonds is 9. The van der Waals surface area contributed by atoms with E-state index in [-0.39, 0.29) is 34.6 Å². The molecule has 0 radical (unpaired) electrons. The zero-order chi connectivity index (χ0) is 22.8. The van der Waals surface area contributed by atoms with Crippen LogP contribution in [-0.4, -0.2) is 48.1 Å². The van der Waals surface area contributed by atoms with Crippen molar-refractivity contribution in [1.82, 2.24) is 15.6 Å². The number of anilines is 1. The number of piperidine rings is 1. The number of halogens is 1. The maximum absolute atomic E-state index is 10.7. The molecule has 0 spiro atoms. The number of nitro groups is 1. The first kappa shape index (κ1) is 26.8. The number of pyridine rings is 1. The lowest BCUT2D eigenvalue weighted by Gasteiger charge is -2.33. The molecular weight excluding hydrogens is 531 g/mol. The molecule has 1 fully saturated rings. The van der Waals surface area contributed by atoms with Gasteiger partial charge in [0, 0.05) is 50.6 Å². The summed E-state index contributed by atoms with van der Waals surface area (Å²) in [6, 6.07) is 11.4. The second-order valence-electron chi connectivity index (χ2n) is 8.24. The lowest BCUT2D eigenvalue weighted by molar-refractivity contribution is -0.384. The number of nitrogens with zero attached hydrogens (tertiary/aromatic N) is 4. The first-order valence-electron chi connectivity index (χ1n) is 11.5. The minimum Gasteiger partial charge on any atom is -0.357 e. The molecule has 1 aromatic heterocycles. The van der Waals surface area contributed by atoms with Gasteiger partial charge in [-0.3, -0.25) is 15.1 Å². The summed E-state index contributed by atoms with van der Waals surface area (Å²) in [5.74, 6) is 1.94. The topological polar surface area (TPSA) is 95.7 Å². The number of aliphatic imine (C=N–C) groups is 1. The summed E-state index contributed by atoms with van der Waals surface area (Å²) in [5, 5.41) is 17.7. The van der Waals surface area contributed by atoms with Crippen LogP contribution in [0.15, 0.2) is 47.6 Å². The van der Waals surface area contributed by atoms with E-state index >= 15 is 0 Å². The molecule has 2 aromatic rings. The zero-order valence-electron chi connectivity index (χ0n) is 19.5. The normalized spacial score (nSPS) is 14.5. The second-order valence-corrected chi connectivity index (χ2v) is 8.24. The van der Waals surface area contributed by atoms with E-state index in [0.29, 0.717) is 6.04 Å². The molecule has 2 N–H and O–H groups in total. The van der Waals surface area contributed by atoms with Crippen molar-refractivity contribution < 1.29 is 4.92 Å². The molecule has 1 aliphatic heterocycles. The fourth-order valence-corrected chi connectivity index (χ4v) is 3.83. The first-order chi connectivity index (χ1) is 15.5. The van der Waals surface area contributed by atoms with Crippen molar-refractivity contribution in [2.45, 2.75) is 52.0 Å². The number of hydrogen-bond donors (Lipinski definition) is 2. The van der Waals surface area contributed by atoms with Crippen molar-refractivity contribution in [3.8, 4) is 0 Å². The molecule has 0 unspecified atom stereocenters. The van der Waals surface area contributed by atoms with E-state index in [4.69, 9.17) is 4.99 Å². The molecule has 1 aromatic carbocycles. The lowest BCUT2D eigenvalue weighted by Crippen LogP contribution is -2.49. The van der Waals surface area contributed by atoms with Gasteiger partial charge in [-0.1, -0.05) is 18.2 Å². The molecule has 1 aliphatic rings. The first-order valence-corrected chi connectivity index (χ1v) is 11.5. The van der Waals surface area contributed by atoms with Crippen molar-refractivity contribution in [2.24, 2.45) is 4.99 Å². The van der Waals surface area contributed by atoms with Gasteiger partial charge in [-0.2, -0.15) is 0 Å². The molecule has 8 nitrogen and oxygen atoms in total. The Morgan fingerprint density at radius 2 is 1.91 bits per heavy atom. The summed E-state index contributed by atoms with van der Waals surface area (Å²) >= 11 is 0. The number of aryl methyl sites for hydroxylation is 2. The van der Waals surface area contributed by atoms with Crippen LogP contribution in [-0.2, 0) is 6.42 Å². The summed E-state index contributed by atoms with van der Waals surface area (Å²) in [6.45, 7) is 7.71. The Labute approximate surface area is 213 Å².